The molecule has 1 fully saturated rings. The Morgan fingerprint density at radius 1 is 1.17 bits per heavy atom. The summed E-state index contributed by atoms with van der Waals surface area (Å²) in [5.41, 5.74) is 3.01. The summed E-state index contributed by atoms with van der Waals surface area (Å²) in [6.45, 7) is 2.24. The van der Waals surface area contributed by atoms with Crippen LogP contribution in [0.2, 0.25) is 0 Å². The summed E-state index contributed by atoms with van der Waals surface area (Å²) in [7, 11) is 1.62. The van der Waals surface area contributed by atoms with E-state index in [1.807, 2.05) is 43.3 Å². The molecule has 6 nitrogen and oxygen atoms in total. The number of carbonyl (C=O) groups is 1. The first-order valence-electron chi connectivity index (χ1n) is 9.97. The summed E-state index contributed by atoms with van der Waals surface area (Å²) in [4.78, 5) is 21.6. The number of methoxy groups -OCH3 is 1. The van der Waals surface area contributed by atoms with Gasteiger partial charge in [0.1, 0.15) is 11.9 Å². The Morgan fingerprint density at radius 3 is 2.72 bits per heavy atom. The summed E-state index contributed by atoms with van der Waals surface area (Å²) < 4.78 is 11.1. The van der Waals surface area contributed by atoms with Crippen LogP contribution in [-0.4, -0.2) is 29.1 Å². The van der Waals surface area contributed by atoms with Crippen molar-refractivity contribution in [3.05, 3.63) is 59.4 Å². The van der Waals surface area contributed by atoms with Crippen LogP contribution in [0.3, 0.4) is 0 Å². The Labute approximate surface area is 170 Å². The molecule has 0 bridgehead atoms. The molecule has 29 heavy (non-hydrogen) atoms. The SMILES string of the molecule is COc1ccc2nc(C)c(C(=O)NCc3ccc(OC4CCCC4)nc3)cc2c1. The van der Waals surface area contributed by atoms with Gasteiger partial charge in [0.2, 0.25) is 5.88 Å². The van der Waals surface area contributed by atoms with Crippen molar-refractivity contribution >= 4 is 16.8 Å². The summed E-state index contributed by atoms with van der Waals surface area (Å²) in [6, 6.07) is 11.3. The van der Waals surface area contributed by atoms with Crippen molar-refractivity contribution < 1.29 is 14.3 Å². The van der Waals surface area contributed by atoms with E-state index in [4.69, 9.17) is 9.47 Å². The number of nitrogens with one attached hydrogen (secondary N) is 1. The lowest BCUT2D eigenvalue weighted by Crippen LogP contribution is -2.24. The van der Waals surface area contributed by atoms with Gasteiger partial charge < -0.3 is 14.8 Å². The first kappa shape index (κ1) is 19.2. The van der Waals surface area contributed by atoms with Crippen LogP contribution in [0.15, 0.2) is 42.6 Å². The van der Waals surface area contributed by atoms with Gasteiger partial charge >= 0.3 is 0 Å². The minimum atomic E-state index is -0.161. The molecule has 1 saturated carbocycles. The van der Waals surface area contributed by atoms with Crippen molar-refractivity contribution in [1.82, 2.24) is 15.3 Å². The monoisotopic (exact) mass is 391 g/mol. The number of aromatic nitrogens is 2. The number of nitrogens with zero attached hydrogens (tertiary/aromatic N) is 2. The number of pyridine rings is 2. The molecule has 0 atom stereocenters. The Hall–Kier alpha value is -3.15. The largest absolute Gasteiger partial charge is 0.497 e. The van der Waals surface area contributed by atoms with Gasteiger partial charge in [-0.3, -0.25) is 9.78 Å². The summed E-state index contributed by atoms with van der Waals surface area (Å²) in [5.74, 6) is 1.22. The number of fused-ring (bicyclic) bond motifs is 1. The highest BCUT2D eigenvalue weighted by molar-refractivity contribution is 5.98. The summed E-state index contributed by atoms with van der Waals surface area (Å²) in [6.07, 6.45) is 6.69. The van der Waals surface area contributed by atoms with Crippen molar-refractivity contribution in [1.29, 1.82) is 0 Å². The highest BCUT2D eigenvalue weighted by Gasteiger charge is 2.17. The zero-order chi connectivity index (χ0) is 20.2. The number of hydrogen-bond acceptors (Lipinski definition) is 5. The van der Waals surface area contributed by atoms with Gasteiger partial charge in [0.15, 0.2) is 0 Å². The van der Waals surface area contributed by atoms with Gasteiger partial charge in [0.25, 0.3) is 5.91 Å². The zero-order valence-corrected chi connectivity index (χ0v) is 16.8. The average molecular weight is 391 g/mol. The third-order valence-corrected chi connectivity index (χ3v) is 5.30. The second-order valence-electron chi connectivity index (χ2n) is 7.39. The number of ether oxygens (including phenoxy) is 2. The molecule has 0 radical (unpaired) electrons. The lowest BCUT2D eigenvalue weighted by atomic mass is 10.1. The van der Waals surface area contributed by atoms with Gasteiger partial charge in [-0.2, -0.15) is 0 Å². The summed E-state index contributed by atoms with van der Waals surface area (Å²) in [5, 5.41) is 3.82. The molecule has 3 aromatic rings. The van der Waals surface area contributed by atoms with Crippen molar-refractivity contribution in [3.8, 4) is 11.6 Å². The van der Waals surface area contributed by atoms with E-state index in [-0.39, 0.29) is 12.0 Å². The molecule has 150 valence electrons. The van der Waals surface area contributed by atoms with E-state index < -0.39 is 0 Å². The minimum Gasteiger partial charge on any atom is -0.497 e. The maximum atomic E-state index is 12.7. The molecule has 1 N–H and O–H groups in total. The lowest BCUT2D eigenvalue weighted by Gasteiger charge is -2.12. The summed E-state index contributed by atoms with van der Waals surface area (Å²) >= 11 is 0. The molecule has 1 aliphatic rings. The van der Waals surface area contributed by atoms with Gasteiger partial charge in [-0.05, 0) is 62.4 Å². The molecule has 1 aliphatic carbocycles. The predicted octanol–water partition coefficient (Wildman–Crippen LogP) is 4.20. The predicted molar refractivity (Wildman–Crippen MR) is 111 cm³/mol. The molecule has 1 aromatic carbocycles. The highest BCUT2D eigenvalue weighted by atomic mass is 16.5. The maximum absolute atomic E-state index is 12.7. The van der Waals surface area contributed by atoms with Crippen molar-refractivity contribution in [2.45, 2.75) is 45.3 Å². The molecular weight excluding hydrogens is 366 g/mol. The quantitative estimate of drug-likeness (QED) is 0.682. The first-order chi connectivity index (χ1) is 14.1. The van der Waals surface area contributed by atoms with Crippen molar-refractivity contribution in [3.63, 3.8) is 0 Å². The van der Waals surface area contributed by atoms with Crippen LogP contribution in [0, 0.1) is 6.92 Å². The number of hydrogen-bond donors (Lipinski definition) is 1. The molecule has 4 rings (SSSR count). The third-order valence-electron chi connectivity index (χ3n) is 5.30. The Balaban J connectivity index is 1.41. The molecule has 2 aromatic heterocycles. The van der Waals surface area contributed by atoms with Crippen LogP contribution in [0.25, 0.3) is 10.9 Å². The maximum Gasteiger partial charge on any atom is 0.253 e. The van der Waals surface area contributed by atoms with E-state index in [0.717, 1.165) is 35.1 Å². The fourth-order valence-electron chi connectivity index (χ4n) is 3.65. The Morgan fingerprint density at radius 2 is 2.00 bits per heavy atom. The fraction of sp³-hybridized carbons (Fsp3) is 0.348. The number of carbonyl (C=O) groups excluding carboxylic acids is 1. The molecule has 0 saturated heterocycles. The van der Waals surface area contributed by atoms with Gasteiger partial charge in [-0.25, -0.2) is 4.98 Å². The normalized spacial score (nSPS) is 14.1. The van der Waals surface area contributed by atoms with Crippen LogP contribution in [0.1, 0.15) is 47.3 Å². The van der Waals surface area contributed by atoms with Crippen LogP contribution in [-0.2, 0) is 6.54 Å². The van der Waals surface area contributed by atoms with E-state index in [0.29, 0.717) is 23.7 Å². The first-order valence-corrected chi connectivity index (χ1v) is 9.97. The second kappa shape index (κ2) is 8.47. The van der Waals surface area contributed by atoms with Crippen LogP contribution >= 0.6 is 0 Å². The average Bonchev–Trinajstić information content (AvgIpc) is 3.25. The van der Waals surface area contributed by atoms with Gasteiger partial charge in [-0.1, -0.05) is 6.07 Å². The molecule has 2 heterocycles. The van der Waals surface area contributed by atoms with Crippen LogP contribution in [0.5, 0.6) is 11.6 Å². The van der Waals surface area contributed by atoms with Crippen molar-refractivity contribution in [2.24, 2.45) is 0 Å². The molecule has 0 spiro atoms. The number of rotatable bonds is 6. The molecule has 0 aliphatic heterocycles. The topological polar surface area (TPSA) is 73.3 Å². The van der Waals surface area contributed by atoms with E-state index in [2.05, 4.69) is 15.3 Å². The highest BCUT2D eigenvalue weighted by Crippen LogP contribution is 2.23. The van der Waals surface area contributed by atoms with Crippen molar-refractivity contribution in [2.75, 3.05) is 7.11 Å². The van der Waals surface area contributed by atoms with Crippen LogP contribution < -0.4 is 14.8 Å². The van der Waals surface area contributed by atoms with E-state index in [1.54, 1.807) is 13.3 Å². The molecule has 1 amide bonds. The van der Waals surface area contributed by atoms with Gasteiger partial charge in [-0.15, -0.1) is 0 Å². The number of amides is 1. The van der Waals surface area contributed by atoms with Gasteiger partial charge in [0.05, 0.1) is 23.9 Å². The minimum absolute atomic E-state index is 0.161. The third kappa shape index (κ3) is 4.47. The Kier molecular flexibility index (Phi) is 5.60. The smallest absolute Gasteiger partial charge is 0.253 e. The molecular formula is C23H25N3O3. The van der Waals surface area contributed by atoms with E-state index in [1.165, 1.54) is 12.8 Å². The second-order valence-corrected chi connectivity index (χ2v) is 7.39. The van der Waals surface area contributed by atoms with Crippen LogP contribution in [0.4, 0.5) is 0 Å². The lowest BCUT2D eigenvalue weighted by molar-refractivity contribution is 0.0950. The Bertz CT molecular complexity index is 1010. The number of aryl methyl sites for hydroxylation is 1. The number of benzene rings is 1. The molecule has 6 heteroatoms. The van der Waals surface area contributed by atoms with E-state index >= 15 is 0 Å². The molecule has 0 unspecified atom stereocenters. The standard InChI is InChI=1S/C23H25N3O3/c1-15-20(12-17-11-19(28-2)8-9-21(17)26-15)23(27)25-14-16-7-10-22(24-13-16)29-18-5-3-4-6-18/h7-13,18H,3-6,14H2,1-2H3,(H,25,27). The van der Waals surface area contributed by atoms with E-state index in [9.17, 15) is 4.79 Å². The fourth-order valence-corrected chi connectivity index (χ4v) is 3.65. The zero-order valence-electron chi connectivity index (χ0n) is 16.8. The van der Waals surface area contributed by atoms with Gasteiger partial charge in [0, 0.05) is 24.2 Å².